The van der Waals surface area contributed by atoms with Crippen LogP contribution >= 0.6 is 0 Å². The van der Waals surface area contributed by atoms with Crippen molar-refractivity contribution in [2.45, 2.75) is 6.54 Å². The molecule has 25 heavy (non-hydrogen) atoms. The number of ether oxygens (including phenoxy) is 1. The summed E-state index contributed by atoms with van der Waals surface area (Å²) in [5.41, 5.74) is 2.23. The Morgan fingerprint density at radius 1 is 1.32 bits per heavy atom. The largest absolute Gasteiger partial charge is 0.464 e. The molecule has 0 saturated heterocycles. The third kappa shape index (κ3) is 3.37. The second-order valence-electron chi connectivity index (χ2n) is 5.30. The Hall–Kier alpha value is -3.17. The number of carbonyl (C=O) groups excluding carboxylic acids is 1. The first kappa shape index (κ1) is 16.7. The topological polar surface area (TPSA) is 64.3 Å². The van der Waals surface area contributed by atoms with Gasteiger partial charge in [0.15, 0.2) is 5.69 Å². The minimum absolute atomic E-state index is 0.107. The predicted molar refractivity (Wildman–Crippen MR) is 90.5 cm³/mol. The minimum Gasteiger partial charge on any atom is -0.464 e. The normalized spacial score (nSPS) is 10.4. The molecular weight excluding hydrogens is 323 g/mol. The molecule has 0 unspecified atom stereocenters. The van der Waals surface area contributed by atoms with Gasteiger partial charge in [0.2, 0.25) is 0 Å². The van der Waals surface area contributed by atoms with Gasteiger partial charge in [-0.05, 0) is 23.8 Å². The molecule has 0 aliphatic carbocycles. The molecule has 0 radical (unpaired) electrons. The van der Waals surface area contributed by atoms with E-state index in [2.05, 4.69) is 16.8 Å². The highest BCUT2D eigenvalue weighted by Gasteiger charge is 2.17. The number of aliphatic hydroxyl groups is 1. The first-order valence-corrected chi connectivity index (χ1v) is 7.54. The molecule has 0 saturated carbocycles. The molecule has 0 bridgehead atoms. The smallest absolute Gasteiger partial charge is 0.357 e. The van der Waals surface area contributed by atoms with E-state index in [0.29, 0.717) is 12.1 Å². The second kappa shape index (κ2) is 7.16. The number of aromatic nitrogens is 2. The van der Waals surface area contributed by atoms with Crippen molar-refractivity contribution in [3.8, 4) is 11.8 Å². The lowest BCUT2D eigenvalue weighted by atomic mass is 10.1. The molecule has 1 aromatic carbocycles. The summed E-state index contributed by atoms with van der Waals surface area (Å²) in [5.74, 6) is 4.45. The molecule has 0 fully saturated rings. The predicted octanol–water partition coefficient (Wildman–Crippen LogP) is 2.35. The number of rotatable bonds is 3. The van der Waals surface area contributed by atoms with Crippen LogP contribution in [0.5, 0.6) is 0 Å². The van der Waals surface area contributed by atoms with Gasteiger partial charge in [-0.3, -0.25) is 0 Å². The molecule has 2 aromatic heterocycles. The van der Waals surface area contributed by atoms with Crippen molar-refractivity contribution < 1.29 is 19.0 Å². The zero-order chi connectivity index (χ0) is 17.8. The van der Waals surface area contributed by atoms with E-state index >= 15 is 0 Å². The molecule has 2 heterocycles. The summed E-state index contributed by atoms with van der Waals surface area (Å²) in [5, 5.41) is 9.70. The Kier molecular flexibility index (Phi) is 4.78. The molecule has 5 nitrogen and oxygen atoms in total. The maximum atomic E-state index is 13.0. The molecule has 0 spiro atoms. The summed E-state index contributed by atoms with van der Waals surface area (Å²) >= 11 is 0. The van der Waals surface area contributed by atoms with E-state index in [9.17, 15) is 9.18 Å². The van der Waals surface area contributed by atoms with Crippen molar-refractivity contribution in [2.24, 2.45) is 0 Å². The Morgan fingerprint density at radius 2 is 2.08 bits per heavy atom. The van der Waals surface area contributed by atoms with Crippen molar-refractivity contribution in [3.05, 3.63) is 65.4 Å². The average molecular weight is 338 g/mol. The third-order valence-corrected chi connectivity index (χ3v) is 3.77. The summed E-state index contributed by atoms with van der Waals surface area (Å²) in [7, 11) is 1.27. The fourth-order valence-electron chi connectivity index (χ4n) is 2.59. The summed E-state index contributed by atoms with van der Waals surface area (Å²) in [6.07, 6.45) is 3.43. The number of methoxy groups -OCH3 is 1. The van der Waals surface area contributed by atoms with E-state index in [1.54, 1.807) is 18.3 Å². The molecule has 6 heteroatoms. The number of carbonyl (C=O) groups is 1. The van der Waals surface area contributed by atoms with Gasteiger partial charge in [0.05, 0.1) is 24.4 Å². The Bertz CT molecular complexity index is 982. The van der Waals surface area contributed by atoms with Crippen molar-refractivity contribution in [2.75, 3.05) is 13.7 Å². The number of halogens is 1. The van der Waals surface area contributed by atoms with E-state index in [-0.39, 0.29) is 18.1 Å². The standard InChI is InChI=1S/C19H15FN2O3/c1-25-19(24)18-16(3-2-10-23)15-8-9-22(17(15)11-21-18)12-13-4-6-14(20)7-5-13/h4-9,11,23H,10,12H2,1H3. The number of nitrogens with zero attached hydrogens (tertiary/aromatic N) is 2. The van der Waals surface area contributed by atoms with Gasteiger partial charge in [-0.15, -0.1) is 0 Å². The van der Waals surface area contributed by atoms with E-state index in [4.69, 9.17) is 9.84 Å². The van der Waals surface area contributed by atoms with Crippen LogP contribution in [0.1, 0.15) is 21.6 Å². The lowest BCUT2D eigenvalue weighted by molar-refractivity contribution is 0.0594. The van der Waals surface area contributed by atoms with Gasteiger partial charge >= 0.3 is 5.97 Å². The van der Waals surface area contributed by atoms with Crippen LogP contribution in [0.2, 0.25) is 0 Å². The Balaban J connectivity index is 2.09. The lowest BCUT2D eigenvalue weighted by Crippen LogP contribution is -2.08. The molecule has 0 amide bonds. The number of pyridine rings is 1. The third-order valence-electron chi connectivity index (χ3n) is 3.77. The highest BCUT2D eigenvalue weighted by atomic mass is 19.1. The number of esters is 1. The first-order valence-electron chi connectivity index (χ1n) is 7.54. The monoisotopic (exact) mass is 338 g/mol. The van der Waals surface area contributed by atoms with E-state index in [1.165, 1.54) is 19.2 Å². The van der Waals surface area contributed by atoms with E-state index < -0.39 is 5.97 Å². The van der Waals surface area contributed by atoms with Crippen molar-refractivity contribution in [1.82, 2.24) is 9.55 Å². The highest BCUT2D eigenvalue weighted by molar-refractivity contribution is 5.98. The fourth-order valence-corrected chi connectivity index (χ4v) is 2.59. The van der Waals surface area contributed by atoms with Gasteiger partial charge < -0.3 is 14.4 Å². The zero-order valence-corrected chi connectivity index (χ0v) is 13.5. The number of aliphatic hydroxyl groups excluding tert-OH is 1. The second-order valence-corrected chi connectivity index (χ2v) is 5.30. The molecule has 3 aromatic rings. The summed E-state index contributed by atoms with van der Waals surface area (Å²) in [4.78, 5) is 16.1. The highest BCUT2D eigenvalue weighted by Crippen LogP contribution is 2.23. The van der Waals surface area contributed by atoms with Crippen LogP contribution < -0.4 is 0 Å². The molecular formula is C19H15FN2O3. The van der Waals surface area contributed by atoms with E-state index in [0.717, 1.165) is 16.5 Å². The molecule has 1 N–H and O–H groups in total. The van der Waals surface area contributed by atoms with Crippen molar-refractivity contribution >= 4 is 16.9 Å². The van der Waals surface area contributed by atoms with Gasteiger partial charge in [-0.1, -0.05) is 24.0 Å². The lowest BCUT2D eigenvalue weighted by Gasteiger charge is -2.08. The summed E-state index contributed by atoms with van der Waals surface area (Å²) in [6, 6.07) is 8.07. The number of hydrogen-bond acceptors (Lipinski definition) is 4. The van der Waals surface area contributed by atoms with Crippen molar-refractivity contribution in [3.63, 3.8) is 0 Å². The Labute approximate surface area is 143 Å². The van der Waals surface area contributed by atoms with Crippen molar-refractivity contribution in [1.29, 1.82) is 0 Å². The number of hydrogen-bond donors (Lipinski definition) is 1. The number of fused-ring (bicyclic) bond motifs is 1. The van der Waals surface area contributed by atoms with Crippen LogP contribution in [0.3, 0.4) is 0 Å². The van der Waals surface area contributed by atoms with Crippen LogP contribution in [-0.4, -0.2) is 34.3 Å². The summed E-state index contributed by atoms with van der Waals surface area (Å²) < 4.78 is 19.7. The van der Waals surface area contributed by atoms with Gasteiger partial charge in [-0.25, -0.2) is 14.2 Å². The zero-order valence-electron chi connectivity index (χ0n) is 13.5. The van der Waals surface area contributed by atoms with Gasteiger partial charge in [0, 0.05) is 18.1 Å². The quantitative estimate of drug-likeness (QED) is 0.588. The van der Waals surface area contributed by atoms with Crippen LogP contribution in [0, 0.1) is 17.7 Å². The Morgan fingerprint density at radius 3 is 2.76 bits per heavy atom. The van der Waals surface area contributed by atoms with Crippen LogP contribution in [-0.2, 0) is 11.3 Å². The van der Waals surface area contributed by atoms with Gasteiger partial charge in [-0.2, -0.15) is 0 Å². The van der Waals surface area contributed by atoms with Crippen LogP contribution in [0.25, 0.3) is 10.9 Å². The molecule has 3 rings (SSSR count). The maximum Gasteiger partial charge on any atom is 0.357 e. The van der Waals surface area contributed by atoms with Crippen LogP contribution in [0.15, 0.2) is 42.7 Å². The molecule has 0 aliphatic rings. The minimum atomic E-state index is -0.588. The van der Waals surface area contributed by atoms with Crippen LogP contribution in [0.4, 0.5) is 4.39 Å². The fraction of sp³-hybridized carbons (Fsp3) is 0.158. The van der Waals surface area contributed by atoms with Gasteiger partial charge in [0.25, 0.3) is 0 Å². The molecule has 126 valence electrons. The number of benzene rings is 1. The maximum absolute atomic E-state index is 13.0. The molecule has 0 aliphatic heterocycles. The first-order chi connectivity index (χ1) is 12.1. The SMILES string of the molecule is COC(=O)c1ncc2c(ccn2Cc2ccc(F)cc2)c1C#CCO. The van der Waals surface area contributed by atoms with E-state index in [1.807, 2.05) is 16.8 Å². The molecule has 0 atom stereocenters. The summed E-state index contributed by atoms with van der Waals surface area (Å²) in [6.45, 7) is 0.198. The average Bonchev–Trinajstić information content (AvgIpc) is 3.04. The van der Waals surface area contributed by atoms with Gasteiger partial charge in [0.1, 0.15) is 12.4 Å².